The van der Waals surface area contributed by atoms with Crippen molar-refractivity contribution in [1.82, 2.24) is 5.43 Å². The van der Waals surface area contributed by atoms with Crippen LogP contribution in [0.1, 0.15) is 34.8 Å². The minimum Gasteiger partial charge on any atom is -0.493 e. The summed E-state index contributed by atoms with van der Waals surface area (Å²) in [5.74, 6) is 1.07. The van der Waals surface area contributed by atoms with Crippen LogP contribution in [0, 0.1) is 5.82 Å². The zero-order chi connectivity index (χ0) is 22.8. The number of rotatable bonds is 10. The summed E-state index contributed by atoms with van der Waals surface area (Å²) in [5.41, 5.74) is 4.43. The highest BCUT2D eigenvalue weighted by Crippen LogP contribution is 2.28. The van der Waals surface area contributed by atoms with Gasteiger partial charge < -0.3 is 14.2 Å². The molecule has 1 amide bonds. The Hall–Kier alpha value is -3.87. The van der Waals surface area contributed by atoms with Crippen molar-refractivity contribution < 1.29 is 23.4 Å². The summed E-state index contributed by atoms with van der Waals surface area (Å²) in [5, 5.41) is 4.00. The summed E-state index contributed by atoms with van der Waals surface area (Å²) in [7, 11) is 1.53. The fourth-order valence-corrected chi connectivity index (χ4v) is 2.81. The van der Waals surface area contributed by atoms with E-state index in [1.165, 1.54) is 25.5 Å². The van der Waals surface area contributed by atoms with Gasteiger partial charge in [0.25, 0.3) is 5.91 Å². The first-order valence-corrected chi connectivity index (χ1v) is 10.2. The van der Waals surface area contributed by atoms with Crippen molar-refractivity contribution in [3.05, 3.63) is 89.2 Å². The van der Waals surface area contributed by atoms with Crippen LogP contribution in [0.15, 0.2) is 71.8 Å². The number of methoxy groups -OCH3 is 1. The molecule has 3 rings (SSSR count). The number of nitrogens with zero attached hydrogens (tertiary/aromatic N) is 1. The van der Waals surface area contributed by atoms with Gasteiger partial charge in [-0.05, 0) is 72.1 Å². The zero-order valence-corrected chi connectivity index (χ0v) is 18.0. The third-order valence-electron chi connectivity index (χ3n) is 4.44. The number of carbonyl (C=O) groups excluding carboxylic acids is 1. The van der Waals surface area contributed by atoms with E-state index in [9.17, 15) is 9.18 Å². The van der Waals surface area contributed by atoms with Crippen molar-refractivity contribution in [2.45, 2.75) is 20.0 Å². The average molecular weight is 436 g/mol. The molecule has 1 N–H and O–H groups in total. The SMILES string of the molecule is CCCOc1ccc(C(=O)N/N=C/c2ccc(OCc3cccc(F)c3)cc2)cc1OC. The Balaban J connectivity index is 1.53. The van der Waals surface area contributed by atoms with E-state index < -0.39 is 0 Å². The summed E-state index contributed by atoms with van der Waals surface area (Å²) < 4.78 is 29.8. The van der Waals surface area contributed by atoms with E-state index >= 15 is 0 Å². The molecule has 0 aliphatic heterocycles. The van der Waals surface area contributed by atoms with Crippen LogP contribution in [0.4, 0.5) is 4.39 Å². The molecule has 3 aromatic carbocycles. The molecule has 3 aromatic rings. The molecule has 0 radical (unpaired) electrons. The van der Waals surface area contributed by atoms with Gasteiger partial charge in [0.2, 0.25) is 0 Å². The predicted octanol–water partition coefficient (Wildman–Crippen LogP) is 4.97. The highest BCUT2D eigenvalue weighted by atomic mass is 19.1. The fourth-order valence-electron chi connectivity index (χ4n) is 2.81. The van der Waals surface area contributed by atoms with Gasteiger partial charge in [-0.1, -0.05) is 19.1 Å². The maximum Gasteiger partial charge on any atom is 0.271 e. The van der Waals surface area contributed by atoms with Gasteiger partial charge in [-0.3, -0.25) is 4.79 Å². The normalized spacial score (nSPS) is 10.7. The minimum atomic E-state index is -0.364. The minimum absolute atomic E-state index is 0.271. The molecule has 0 unspecified atom stereocenters. The third-order valence-corrected chi connectivity index (χ3v) is 4.44. The predicted molar refractivity (Wildman–Crippen MR) is 121 cm³/mol. The van der Waals surface area contributed by atoms with Gasteiger partial charge in [-0.2, -0.15) is 5.10 Å². The number of hydrogen-bond acceptors (Lipinski definition) is 5. The number of carbonyl (C=O) groups is 1. The molecule has 6 nitrogen and oxygen atoms in total. The molecular weight excluding hydrogens is 411 g/mol. The molecule has 0 aromatic heterocycles. The number of amides is 1. The van der Waals surface area contributed by atoms with E-state index in [0.717, 1.165) is 17.5 Å². The quantitative estimate of drug-likeness (QED) is 0.360. The highest BCUT2D eigenvalue weighted by molar-refractivity contribution is 5.95. The lowest BCUT2D eigenvalue weighted by molar-refractivity contribution is 0.0954. The molecule has 0 saturated carbocycles. The van der Waals surface area contributed by atoms with Crippen molar-refractivity contribution in [2.24, 2.45) is 5.10 Å². The lowest BCUT2D eigenvalue weighted by Crippen LogP contribution is -2.17. The van der Waals surface area contributed by atoms with Gasteiger partial charge in [0.15, 0.2) is 11.5 Å². The van der Waals surface area contributed by atoms with Crippen LogP contribution in [-0.4, -0.2) is 25.8 Å². The number of hydrazone groups is 1. The second-order valence-electron chi connectivity index (χ2n) is 6.90. The van der Waals surface area contributed by atoms with E-state index in [0.29, 0.717) is 29.4 Å². The van der Waals surface area contributed by atoms with Gasteiger partial charge in [-0.25, -0.2) is 9.82 Å². The maximum atomic E-state index is 13.2. The second kappa shape index (κ2) is 11.5. The molecule has 0 saturated heterocycles. The standard InChI is InChI=1S/C25H25FN2O4/c1-3-13-31-23-12-9-20(15-24(23)30-2)25(29)28-27-16-18-7-10-22(11-8-18)32-17-19-5-4-6-21(26)14-19/h4-12,14-16H,3,13,17H2,1-2H3,(H,28,29)/b27-16+. The average Bonchev–Trinajstić information content (AvgIpc) is 2.82. The lowest BCUT2D eigenvalue weighted by atomic mass is 10.2. The summed E-state index contributed by atoms with van der Waals surface area (Å²) in [4.78, 5) is 12.4. The lowest BCUT2D eigenvalue weighted by Gasteiger charge is -2.11. The van der Waals surface area contributed by atoms with Crippen LogP contribution in [0.5, 0.6) is 17.2 Å². The van der Waals surface area contributed by atoms with Crippen molar-refractivity contribution >= 4 is 12.1 Å². The van der Waals surface area contributed by atoms with Crippen LogP contribution in [0.25, 0.3) is 0 Å². The van der Waals surface area contributed by atoms with E-state index in [4.69, 9.17) is 14.2 Å². The number of benzene rings is 3. The first-order chi connectivity index (χ1) is 15.6. The molecule has 0 bridgehead atoms. The molecule has 0 spiro atoms. The molecule has 0 heterocycles. The fraction of sp³-hybridized carbons (Fsp3) is 0.200. The zero-order valence-electron chi connectivity index (χ0n) is 18.0. The Morgan fingerprint density at radius 3 is 2.56 bits per heavy atom. The Morgan fingerprint density at radius 2 is 1.84 bits per heavy atom. The second-order valence-corrected chi connectivity index (χ2v) is 6.90. The molecule has 0 aliphatic rings. The summed E-state index contributed by atoms with van der Waals surface area (Å²) in [6, 6.07) is 18.4. The van der Waals surface area contributed by atoms with E-state index in [1.807, 2.05) is 6.92 Å². The summed E-state index contributed by atoms with van der Waals surface area (Å²) in [6.07, 6.45) is 2.41. The highest BCUT2D eigenvalue weighted by Gasteiger charge is 2.10. The number of hydrogen-bond donors (Lipinski definition) is 1. The Morgan fingerprint density at radius 1 is 1.03 bits per heavy atom. The topological polar surface area (TPSA) is 69.2 Å². The Labute approximate surface area is 186 Å². The third kappa shape index (κ3) is 6.57. The van der Waals surface area contributed by atoms with Crippen LogP contribution >= 0.6 is 0 Å². The number of nitrogens with one attached hydrogen (secondary N) is 1. The first kappa shape index (κ1) is 22.8. The molecule has 0 fully saturated rings. The van der Waals surface area contributed by atoms with Crippen LogP contribution in [-0.2, 0) is 6.61 Å². The Bertz CT molecular complexity index is 1070. The van der Waals surface area contributed by atoms with Crippen molar-refractivity contribution in [2.75, 3.05) is 13.7 Å². The van der Waals surface area contributed by atoms with E-state index in [-0.39, 0.29) is 18.3 Å². The van der Waals surface area contributed by atoms with E-state index in [1.54, 1.807) is 54.6 Å². The molecule has 0 aliphatic carbocycles. The molecular formula is C25H25FN2O4. The summed E-state index contributed by atoms with van der Waals surface area (Å²) in [6.45, 7) is 2.85. The van der Waals surface area contributed by atoms with Gasteiger partial charge in [-0.15, -0.1) is 0 Å². The van der Waals surface area contributed by atoms with E-state index in [2.05, 4.69) is 10.5 Å². The van der Waals surface area contributed by atoms with Gasteiger partial charge >= 0.3 is 0 Å². The van der Waals surface area contributed by atoms with Crippen molar-refractivity contribution in [3.8, 4) is 17.2 Å². The number of ether oxygens (including phenoxy) is 3. The first-order valence-electron chi connectivity index (χ1n) is 10.2. The molecule has 166 valence electrons. The summed E-state index contributed by atoms with van der Waals surface area (Å²) >= 11 is 0. The van der Waals surface area contributed by atoms with Crippen LogP contribution in [0.3, 0.4) is 0 Å². The van der Waals surface area contributed by atoms with Gasteiger partial charge in [0.05, 0.1) is 19.9 Å². The largest absolute Gasteiger partial charge is 0.493 e. The van der Waals surface area contributed by atoms with Crippen LogP contribution < -0.4 is 19.6 Å². The molecule has 7 heteroatoms. The van der Waals surface area contributed by atoms with Gasteiger partial charge in [0, 0.05) is 5.56 Å². The van der Waals surface area contributed by atoms with Crippen molar-refractivity contribution in [1.29, 1.82) is 0 Å². The van der Waals surface area contributed by atoms with Crippen molar-refractivity contribution in [3.63, 3.8) is 0 Å². The van der Waals surface area contributed by atoms with Crippen LogP contribution in [0.2, 0.25) is 0 Å². The number of halogens is 1. The molecule has 0 atom stereocenters. The Kier molecular flexibility index (Phi) is 8.20. The molecule has 32 heavy (non-hydrogen) atoms. The monoisotopic (exact) mass is 436 g/mol. The smallest absolute Gasteiger partial charge is 0.271 e. The van der Waals surface area contributed by atoms with Gasteiger partial charge in [0.1, 0.15) is 18.2 Å². The maximum absolute atomic E-state index is 13.2.